The summed E-state index contributed by atoms with van der Waals surface area (Å²) in [4.78, 5) is 10.8. The second-order valence-electron chi connectivity index (χ2n) is 6.71. The number of aliphatic carboxylic acids is 1. The summed E-state index contributed by atoms with van der Waals surface area (Å²) in [7, 11) is 0. The van der Waals surface area contributed by atoms with Crippen LogP contribution >= 0.6 is 0 Å². The lowest BCUT2D eigenvalue weighted by Gasteiger charge is -2.17. The van der Waals surface area contributed by atoms with Gasteiger partial charge in [0.05, 0.1) is 0 Å². The minimum absolute atomic E-state index is 0.143. The van der Waals surface area contributed by atoms with E-state index in [-0.39, 0.29) is 17.1 Å². The van der Waals surface area contributed by atoms with Gasteiger partial charge in [-0.2, -0.15) is 0 Å². The molecule has 152 valence electrons. The van der Waals surface area contributed by atoms with E-state index in [0.717, 1.165) is 33.9 Å². The van der Waals surface area contributed by atoms with Crippen molar-refractivity contribution in [3.8, 4) is 11.5 Å². The molecule has 0 bridgehead atoms. The number of allylic oxidation sites excluding steroid dienone is 1. The molecule has 4 nitrogen and oxygen atoms in total. The number of hydrogen-bond donors (Lipinski definition) is 3. The van der Waals surface area contributed by atoms with E-state index in [0.29, 0.717) is 6.42 Å². The Bertz CT molecular complexity index is 1060. The van der Waals surface area contributed by atoms with E-state index >= 15 is 0 Å². The van der Waals surface area contributed by atoms with E-state index in [9.17, 15) is 19.4 Å². The molecule has 0 aliphatic heterocycles. The lowest BCUT2D eigenvalue weighted by Crippen LogP contribution is -1.96. The highest BCUT2D eigenvalue weighted by Crippen LogP contribution is 2.36. The van der Waals surface area contributed by atoms with Gasteiger partial charge in [-0.15, -0.1) is 0 Å². The highest BCUT2D eigenvalue weighted by atomic mass is 19.1. The maximum atomic E-state index is 14.2. The van der Waals surface area contributed by atoms with Gasteiger partial charge in [0.15, 0.2) is 0 Å². The lowest BCUT2D eigenvalue weighted by molar-refractivity contribution is -0.131. The minimum atomic E-state index is -1.15. The molecule has 3 aromatic carbocycles. The van der Waals surface area contributed by atoms with Crippen LogP contribution in [0.5, 0.6) is 11.5 Å². The standard InChI is InChI=1S/C25H21FO4/c1-2-22(18-7-13-23(26)19(15-18)8-14-24(29)30)25(16-3-9-20(27)10-4-16)17-5-11-21(28)12-6-17/h3-15,27-28H,2H2,1H3,(H,29,30)/b14-8+. The largest absolute Gasteiger partial charge is 0.508 e. The maximum absolute atomic E-state index is 14.2. The Kier molecular flexibility index (Phi) is 6.32. The second kappa shape index (κ2) is 9.09. The molecule has 0 saturated heterocycles. The Morgan fingerprint density at radius 2 is 1.37 bits per heavy atom. The van der Waals surface area contributed by atoms with Crippen molar-refractivity contribution in [2.75, 3.05) is 0 Å². The van der Waals surface area contributed by atoms with Crippen molar-refractivity contribution in [1.29, 1.82) is 0 Å². The Balaban J connectivity index is 2.25. The van der Waals surface area contributed by atoms with Crippen LogP contribution in [0.3, 0.4) is 0 Å². The summed E-state index contributed by atoms with van der Waals surface area (Å²) in [6.07, 6.45) is 2.75. The number of aromatic hydroxyl groups is 2. The van der Waals surface area contributed by atoms with Crippen molar-refractivity contribution < 1.29 is 24.5 Å². The van der Waals surface area contributed by atoms with E-state index in [1.807, 2.05) is 6.92 Å². The summed E-state index contributed by atoms with van der Waals surface area (Å²) < 4.78 is 14.2. The molecule has 0 aliphatic carbocycles. The fourth-order valence-electron chi connectivity index (χ4n) is 3.32. The van der Waals surface area contributed by atoms with Gasteiger partial charge in [-0.3, -0.25) is 0 Å². The molecule has 0 unspecified atom stereocenters. The molecule has 0 fully saturated rings. The molecule has 0 saturated carbocycles. The Morgan fingerprint density at radius 3 is 1.83 bits per heavy atom. The van der Waals surface area contributed by atoms with Crippen LogP contribution in [0.2, 0.25) is 0 Å². The number of halogens is 1. The van der Waals surface area contributed by atoms with Crippen LogP contribution in [-0.2, 0) is 4.79 Å². The number of carboxylic acid groups (broad SMARTS) is 1. The number of hydrogen-bond acceptors (Lipinski definition) is 3. The predicted octanol–water partition coefficient (Wildman–Crippen LogP) is 5.70. The molecule has 3 N–H and O–H groups in total. The number of phenolic OH excluding ortho intramolecular Hbond substituents is 2. The molecule has 0 spiro atoms. The molecule has 3 aromatic rings. The third-order valence-electron chi connectivity index (χ3n) is 4.72. The van der Waals surface area contributed by atoms with E-state index in [1.54, 1.807) is 60.7 Å². The van der Waals surface area contributed by atoms with E-state index in [4.69, 9.17) is 5.11 Å². The van der Waals surface area contributed by atoms with Crippen molar-refractivity contribution in [3.63, 3.8) is 0 Å². The smallest absolute Gasteiger partial charge is 0.328 e. The fourth-order valence-corrected chi connectivity index (χ4v) is 3.32. The normalized spacial score (nSPS) is 10.9. The first-order valence-corrected chi connectivity index (χ1v) is 9.42. The number of carbonyl (C=O) groups is 1. The maximum Gasteiger partial charge on any atom is 0.328 e. The van der Waals surface area contributed by atoms with Crippen LogP contribution in [0.1, 0.15) is 35.6 Å². The number of benzene rings is 3. The molecular weight excluding hydrogens is 383 g/mol. The van der Waals surface area contributed by atoms with Crippen LogP contribution in [0, 0.1) is 5.82 Å². The summed E-state index contributed by atoms with van der Waals surface area (Å²) in [5.74, 6) is -1.38. The van der Waals surface area contributed by atoms with Gasteiger partial charge in [0.25, 0.3) is 0 Å². The van der Waals surface area contributed by atoms with Gasteiger partial charge in [0.2, 0.25) is 0 Å². The molecule has 3 rings (SSSR count). The van der Waals surface area contributed by atoms with Crippen molar-refractivity contribution in [2.24, 2.45) is 0 Å². The predicted molar refractivity (Wildman–Crippen MR) is 115 cm³/mol. The second-order valence-corrected chi connectivity index (χ2v) is 6.71. The zero-order chi connectivity index (χ0) is 21.7. The molecule has 0 aromatic heterocycles. The molecular formula is C25H21FO4. The first-order chi connectivity index (χ1) is 14.4. The van der Waals surface area contributed by atoms with Crippen molar-refractivity contribution in [1.82, 2.24) is 0 Å². The van der Waals surface area contributed by atoms with E-state index in [2.05, 4.69) is 0 Å². The lowest BCUT2D eigenvalue weighted by atomic mass is 9.87. The van der Waals surface area contributed by atoms with Crippen LogP contribution in [0.4, 0.5) is 4.39 Å². The third-order valence-corrected chi connectivity index (χ3v) is 4.72. The molecule has 0 amide bonds. The molecule has 0 radical (unpaired) electrons. The number of phenols is 2. The van der Waals surface area contributed by atoms with Crippen LogP contribution in [0.25, 0.3) is 17.2 Å². The summed E-state index contributed by atoms with van der Waals surface area (Å²) in [5.41, 5.74) is 4.41. The minimum Gasteiger partial charge on any atom is -0.508 e. The summed E-state index contributed by atoms with van der Waals surface area (Å²) in [5, 5.41) is 28.2. The topological polar surface area (TPSA) is 77.8 Å². The summed E-state index contributed by atoms with van der Waals surface area (Å²) in [6.45, 7) is 1.98. The van der Waals surface area contributed by atoms with Gasteiger partial charge in [-0.05, 0) is 76.7 Å². The number of carboxylic acids is 1. The van der Waals surface area contributed by atoms with Gasteiger partial charge in [0, 0.05) is 11.6 Å². The first kappa shape index (κ1) is 20.9. The Hall–Kier alpha value is -3.86. The Morgan fingerprint density at radius 1 is 0.867 bits per heavy atom. The molecule has 0 heterocycles. The molecule has 30 heavy (non-hydrogen) atoms. The highest BCUT2D eigenvalue weighted by molar-refractivity contribution is 5.99. The van der Waals surface area contributed by atoms with Gasteiger partial charge in [-0.25, -0.2) is 9.18 Å². The average Bonchev–Trinajstić information content (AvgIpc) is 2.73. The number of rotatable bonds is 6. The van der Waals surface area contributed by atoms with Crippen LogP contribution in [-0.4, -0.2) is 21.3 Å². The van der Waals surface area contributed by atoms with Gasteiger partial charge < -0.3 is 15.3 Å². The zero-order valence-electron chi connectivity index (χ0n) is 16.3. The van der Waals surface area contributed by atoms with Crippen LogP contribution in [0.15, 0.2) is 72.8 Å². The molecule has 0 aliphatic rings. The third kappa shape index (κ3) is 4.75. The Labute approximate surface area is 173 Å². The highest BCUT2D eigenvalue weighted by Gasteiger charge is 2.14. The SMILES string of the molecule is CCC(=C(c1ccc(O)cc1)c1ccc(O)cc1)c1ccc(F)c(/C=C/C(=O)O)c1. The van der Waals surface area contributed by atoms with Gasteiger partial charge in [0.1, 0.15) is 17.3 Å². The fraction of sp³-hybridized carbons (Fsp3) is 0.0800. The van der Waals surface area contributed by atoms with Crippen molar-refractivity contribution in [3.05, 3.63) is 101 Å². The monoisotopic (exact) mass is 404 g/mol. The van der Waals surface area contributed by atoms with Crippen molar-refractivity contribution >= 4 is 23.2 Å². The quantitative estimate of drug-likeness (QED) is 0.364. The summed E-state index contributed by atoms with van der Waals surface area (Å²) in [6, 6.07) is 18.1. The van der Waals surface area contributed by atoms with Crippen molar-refractivity contribution in [2.45, 2.75) is 13.3 Å². The van der Waals surface area contributed by atoms with E-state index < -0.39 is 11.8 Å². The first-order valence-electron chi connectivity index (χ1n) is 9.42. The summed E-state index contributed by atoms with van der Waals surface area (Å²) >= 11 is 0. The average molecular weight is 404 g/mol. The molecule has 0 atom stereocenters. The molecule has 5 heteroatoms. The van der Waals surface area contributed by atoms with Crippen LogP contribution < -0.4 is 0 Å². The van der Waals surface area contributed by atoms with Gasteiger partial charge in [-0.1, -0.05) is 37.3 Å². The van der Waals surface area contributed by atoms with E-state index in [1.165, 1.54) is 12.1 Å². The van der Waals surface area contributed by atoms with Gasteiger partial charge >= 0.3 is 5.97 Å². The zero-order valence-corrected chi connectivity index (χ0v) is 16.3.